The minimum Gasteiger partial charge on any atom is -0.394 e. The van der Waals surface area contributed by atoms with E-state index in [4.69, 9.17) is 0 Å². The van der Waals surface area contributed by atoms with Crippen LogP contribution in [0, 0.1) is 6.92 Å². The number of aryl methyl sites for hydroxylation is 1. The second-order valence-electron chi connectivity index (χ2n) is 5.31. The van der Waals surface area contributed by atoms with Crippen molar-refractivity contribution in [2.75, 3.05) is 23.4 Å². The van der Waals surface area contributed by atoms with E-state index in [0.717, 1.165) is 37.6 Å². The fourth-order valence-electron chi connectivity index (χ4n) is 2.68. The number of nitrogens with one attached hydrogen (secondary N) is 1. The van der Waals surface area contributed by atoms with E-state index in [1.165, 1.54) is 10.4 Å². The molecule has 3 rings (SSSR count). The van der Waals surface area contributed by atoms with Gasteiger partial charge in [0.25, 0.3) is 0 Å². The van der Waals surface area contributed by atoms with E-state index < -0.39 is 0 Å². The number of nitrogens with zero attached hydrogens (tertiary/aromatic N) is 3. The first kappa shape index (κ1) is 14.3. The molecule has 0 bridgehead atoms. The molecular formula is C15H20N4OS. The highest BCUT2D eigenvalue weighted by Crippen LogP contribution is 2.25. The molecule has 0 amide bonds. The van der Waals surface area contributed by atoms with Gasteiger partial charge in [-0.2, -0.15) is 0 Å². The van der Waals surface area contributed by atoms with Crippen molar-refractivity contribution in [2.45, 2.75) is 32.4 Å². The predicted molar refractivity (Wildman–Crippen MR) is 85.9 cm³/mol. The molecule has 112 valence electrons. The summed E-state index contributed by atoms with van der Waals surface area (Å²) in [6.45, 7) is 4.03. The lowest BCUT2D eigenvalue weighted by Crippen LogP contribution is -2.32. The van der Waals surface area contributed by atoms with E-state index in [1.807, 2.05) is 6.07 Å². The Bertz CT molecular complexity index is 601. The molecule has 1 saturated heterocycles. The van der Waals surface area contributed by atoms with Crippen molar-refractivity contribution >= 4 is 23.0 Å². The van der Waals surface area contributed by atoms with Gasteiger partial charge in [0.2, 0.25) is 0 Å². The highest BCUT2D eigenvalue weighted by Gasteiger charge is 2.25. The number of aliphatic hydroxyl groups excluding tert-OH is 1. The first-order valence-electron chi connectivity index (χ1n) is 7.24. The van der Waals surface area contributed by atoms with Gasteiger partial charge < -0.3 is 15.3 Å². The molecule has 1 fully saturated rings. The largest absolute Gasteiger partial charge is 0.394 e. The molecule has 0 spiro atoms. The molecule has 0 radical (unpaired) electrons. The standard InChI is InChI=1S/C15H20N4OS/c1-11-4-6-21-13(11)8-16-14-7-15(18-10-17-14)19-5-2-3-12(19)9-20/h4,6-7,10,12,20H,2-3,5,8-9H2,1H3,(H,16,17,18)/t12-/m0/s1. The summed E-state index contributed by atoms with van der Waals surface area (Å²) in [5.41, 5.74) is 1.31. The van der Waals surface area contributed by atoms with Crippen LogP contribution >= 0.6 is 11.3 Å². The lowest BCUT2D eigenvalue weighted by atomic mass is 10.2. The van der Waals surface area contributed by atoms with Gasteiger partial charge in [0.1, 0.15) is 18.0 Å². The van der Waals surface area contributed by atoms with E-state index in [1.54, 1.807) is 17.7 Å². The number of thiophene rings is 1. The Hall–Kier alpha value is -1.66. The van der Waals surface area contributed by atoms with Crippen molar-refractivity contribution in [2.24, 2.45) is 0 Å². The quantitative estimate of drug-likeness (QED) is 0.888. The second-order valence-corrected chi connectivity index (χ2v) is 6.31. The van der Waals surface area contributed by atoms with Crippen molar-refractivity contribution in [1.29, 1.82) is 0 Å². The van der Waals surface area contributed by atoms with E-state index in [9.17, 15) is 5.11 Å². The van der Waals surface area contributed by atoms with Crippen LogP contribution in [0.4, 0.5) is 11.6 Å². The minimum atomic E-state index is 0.182. The van der Waals surface area contributed by atoms with Crippen molar-refractivity contribution in [3.05, 3.63) is 34.3 Å². The van der Waals surface area contributed by atoms with Gasteiger partial charge in [-0.05, 0) is 36.8 Å². The average Bonchev–Trinajstić information content (AvgIpc) is 3.14. The van der Waals surface area contributed by atoms with Gasteiger partial charge in [0.05, 0.1) is 19.2 Å². The van der Waals surface area contributed by atoms with Crippen LogP contribution in [-0.4, -0.2) is 34.3 Å². The number of rotatable bonds is 5. The smallest absolute Gasteiger partial charge is 0.134 e. The van der Waals surface area contributed by atoms with Crippen molar-refractivity contribution in [3.63, 3.8) is 0 Å². The van der Waals surface area contributed by atoms with Gasteiger partial charge in [0.15, 0.2) is 0 Å². The summed E-state index contributed by atoms with van der Waals surface area (Å²) >= 11 is 1.75. The average molecular weight is 304 g/mol. The SMILES string of the molecule is Cc1ccsc1CNc1cc(N2CCC[C@H]2CO)ncn1. The lowest BCUT2D eigenvalue weighted by molar-refractivity contribution is 0.266. The molecule has 0 unspecified atom stereocenters. The van der Waals surface area contributed by atoms with Crippen LogP contribution in [0.3, 0.4) is 0 Å². The first-order valence-corrected chi connectivity index (χ1v) is 8.12. The molecule has 1 atom stereocenters. The zero-order chi connectivity index (χ0) is 14.7. The molecule has 2 aromatic rings. The Balaban J connectivity index is 1.70. The van der Waals surface area contributed by atoms with Crippen LogP contribution in [0.15, 0.2) is 23.8 Å². The van der Waals surface area contributed by atoms with Gasteiger partial charge >= 0.3 is 0 Å². The lowest BCUT2D eigenvalue weighted by Gasteiger charge is -2.24. The monoisotopic (exact) mass is 304 g/mol. The number of aromatic nitrogens is 2. The molecule has 1 aliphatic rings. The summed E-state index contributed by atoms with van der Waals surface area (Å²) in [5, 5.41) is 14.9. The third-order valence-corrected chi connectivity index (χ3v) is 4.96. The third kappa shape index (κ3) is 3.16. The first-order chi connectivity index (χ1) is 10.3. The Labute approximate surface area is 128 Å². The summed E-state index contributed by atoms with van der Waals surface area (Å²) in [5.74, 6) is 1.73. The summed E-state index contributed by atoms with van der Waals surface area (Å²) in [7, 11) is 0. The molecule has 0 aromatic carbocycles. The molecular weight excluding hydrogens is 284 g/mol. The fraction of sp³-hybridized carbons (Fsp3) is 0.467. The maximum atomic E-state index is 9.43. The van der Waals surface area contributed by atoms with Crippen molar-refractivity contribution in [1.82, 2.24) is 9.97 Å². The Morgan fingerprint density at radius 1 is 1.48 bits per heavy atom. The van der Waals surface area contributed by atoms with Crippen LogP contribution in [-0.2, 0) is 6.54 Å². The van der Waals surface area contributed by atoms with Crippen molar-refractivity contribution in [3.8, 4) is 0 Å². The molecule has 1 aliphatic heterocycles. The van der Waals surface area contributed by atoms with Crippen LogP contribution < -0.4 is 10.2 Å². The topological polar surface area (TPSA) is 61.3 Å². The number of hydrogen-bond acceptors (Lipinski definition) is 6. The fourth-order valence-corrected chi connectivity index (χ4v) is 3.53. The van der Waals surface area contributed by atoms with Gasteiger partial charge in [-0.25, -0.2) is 9.97 Å². The van der Waals surface area contributed by atoms with Gasteiger partial charge in [-0.1, -0.05) is 0 Å². The summed E-state index contributed by atoms with van der Waals surface area (Å²) in [6, 6.07) is 4.28. The predicted octanol–water partition coefficient (Wildman–Crippen LogP) is 2.42. The summed E-state index contributed by atoms with van der Waals surface area (Å²) < 4.78 is 0. The molecule has 3 heterocycles. The van der Waals surface area contributed by atoms with E-state index in [-0.39, 0.29) is 12.6 Å². The van der Waals surface area contributed by atoms with E-state index in [0.29, 0.717) is 0 Å². The molecule has 5 nitrogen and oxygen atoms in total. The van der Waals surface area contributed by atoms with Crippen molar-refractivity contribution < 1.29 is 5.11 Å². The molecule has 6 heteroatoms. The molecule has 0 saturated carbocycles. The summed E-state index contributed by atoms with van der Waals surface area (Å²) in [4.78, 5) is 12.1. The van der Waals surface area contributed by atoms with Gasteiger partial charge in [-0.15, -0.1) is 11.3 Å². The molecule has 2 N–H and O–H groups in total. The normalized spacial score (nSPS) is 18.2. The number of hydrogen-bond donors (Lipinski definition) is 2. The minimum absolute atomic E-state index is 0.182. The van der Waals surface area contributed by atoms with Crippen LogP contribution in [0.5, 0.6) is 0 Å². The van der Waals surface area contributed by atoms with Crippen LogP contribution in [0.1, 0.15) is 23.3 Å². The molecule has 2 aromatic heterocycles. The zero-order valence-electron chi connectivity index (χ0n) is 12.1. The third-order valence-electron chi connectivity index (χ3n) is 3.93. The van der Waals surface area contributed by atoms with Gasteiger partial charge in [-0.3, -0.25) is 0 Å². The van der Waals surface area contributed by atoms with Gasteiger partial charge in [0, 0.05) is 17.5 Å². The second kappa shape index (κ2) is 6.41. The highest BCUT2D eigenvalue weighted by atomic mass is 32.1. The molecule has 0 aliphatic carbocycles. The van der Waals surface area contributed by atoms with Crippen LogP contribution in [0.25, 0.3) is 0 Å². The molecule has 21 heavy (non-hydrogen) atoms. The highest BCUT2D eigenvalue weighted by molar-refractivity contribution is 7.10. The number of aliphatic hydroxyl groups is 1. The Kier molecular flexibility index (Phi) is 4.36. The number of anilines is 2. The maximum Gasteiger partial charge on any atom is 0.134 e. The summed E-state index contributed by atoms with van der Waals surface area (Å²) in [6.07, 6.45) is 3.72. The van der Waals surface area contributed by atoms with Crippen LogP contribution in [0.2, 0.25) is 0 Å². The van der Waals surface area contributed by atoms with E-state index in [2.05, 4.69) is 38.6 Å². The zero-order valence-corrected chi connectivity index (χ0v) is 12.9. The maximum absolute atomic E-state index is 9.43. The Morgan fingerprint density at radius 3 is 3.14 bits per heavy atom. The Morgan fingerprint density at radius 2 is 2.38 bits per heavy atom. The van der Waals surface area contributed by atoms with E-state index >= 15 is 0 Å².